The van der Waals surface area contributed by atoms with E-state index in [2.05, 4.69) is 24.9 Å². The molecule has 2 amide bonds. The van der Waals surface area contributed by atoms with Crippen LogP contribution in [0.5, 0.6) is 0 Å². The summed E-state index contributed by atoms with van der Waals surface area (Å²) in [5, 5.41) is 0. The number of hydrogen-bond acceptors (Lipinski definition) is 6. The zero-order valence-corrected chi connectivity index (χ0v) is 21.1. The van der Waals surface area contributed by atoms with Crippen LogP contribution in [0, 0.1) is 5.92 Å². The van der Waals surface area contributed by atoms with Crippen LogP contribution in [0.4, 0.5) is 5.69 Å². The lowest BCUT2D eigenvalue weighted by Gasteiger charge is -2.31. The van der Waals surface area contributed by atoms with Crippen molar-refractivity contribution >= 4 is 23.5 Å². The van der Waals surface area contributed by atoms with E-state index < -0.39 is 5.54 Å². The molecule has 8 heteroatoms. The van der Waals surface area contributed by atoms with Crippen molar-refractivity contribution in [2.24, 2.45) is 16.6 Å². The predicted octanol–water partition coefficient (Wildman–Crippen LogP) is 3.65. The Morgan fingerprint density at radius 1 is 1.17 bits per heavy atom. The molecule has 2 aliphatic rings. The Bertz CT molecular complexity index is 1230. The largest absolute Gasteiger partial charge is 0.399 e. The summed E-state index contributed by atoms with van der Waals surface area (Å²) < 4.78 is 0. The van der Waals surface area contributed by atoms with Gasteiger partial charge in [0.05, 0.1) is 12.1 Å². The number of hydrogen-bond donors (Lipinski definition) is 2. The van der Waals surface area contributed by atoms with Gasteiger partial charge in [0.25, 0.3) is 11.8 Å². The minimum Gasteiger partial charge on any atom is -0.399 e. The van der Waals surface area contributed by atoms with Crippen molar-refractivity contribution in [1.82, 2.24) is 14.8 Å². The maximum absolute atomic E-state index is 13.8. The van der Waals surface area contributed by atoms with Crippen LogP contribution in [-0.2, 0) is 17.9 Å². The monoisotopic (exact) mass is 486 g/mol. The Balaban J connectivity index is 1.52. The molecule has 1 atom stereocenters. The minimum absolute atomic E-state index is 0.118. The molecule has 0 radical (unpaired) electrons. The van der Waals surface area contributed by atoms with Gasteiger partial charge >= 0.3 is 0 Å². The fourth-order valence-corrected chi connectivity index (χ4v) is 4.86. The standard InChI is InChI=1S/C28H34N6O2/c1-19(2)14-28(23-7-5-4-6-8-23)26(36)34(27(30)32-28)18-21-13-22(16-31-15-21)25(35)33(3)17-20-9-11-24(29)12-10-20/h4-5,7,9-13,15-16,19H,6,8,14,17-18,29H2,1-3H3,(H2,30,32). The molecule has 0 bridgehead atoms. The number of amides is 2. The van der Waals surface area contributed by atoms with Gasteiger partial charge in [0.2, 0.25) is 0 Å². The van der Waals surface area contributed by atoms with E-state index in [1.165, 1.54) is 11.1 Å². The van der Waals surface area contributed by atoms with E-state index in [-0.39, 0.29) is 30.2 Å². The second kappa shape index (κ2) is 10.4. The van der Waals surface area contributed by atoms with Crippen LogP contribution in [0.3, 0.4) is 0 Å². The smallest absolute Gasteiger partial charge is 0.261 e. The number of rotatable bonds is 8. The van der Waals surface area contributed by atoms with Gasteiger partial charge in [-0.2, -0.15) is 0 Å². The number of carbonyl (C=O) groups excluding carboxylic acids is 2. The SMILES string of the molecule is CC(C)CC1(C2=CC=CCC2)N=C(N)N(Cc2cncc(C(=O)N(C)Cc3ccc(N)cc3)c2)C1=O. The van der Waals surface area contributed by atoms with E-state index in [0.29, 0.717) is 29.8 Å². The summed E-state index contributed by atoms with van der Waals surface area (Å²) in [7, 11) is 1.74. The number of guanidine groups is 1. The molecule has 1 aliphatic heterocycles. The van der Waals surface area contributed by atoms with Crippen molar-refractivity contribution in [1.29, 1.82) is 0 Å². The molecule has 4 N–H and O–H groups in total. The van der Waals surface area contributed by atoms with Crippen molar-refractivity contribution in [2.75, 3.05) is 12.8 Å². The third kappa shape index (κ3) is 5.17. The van der Waals surface area contributed by atoms with E-state index in [1.807, 2.05) is 36.4 Å². The Morgan fingerprint density at radius 2 is 1.92 bits per heavy atom. The molecule has 0 spiro atoms. The van der Waals surface area contributed by atoms with Gasteiger partial charge in [0.1, 0.15) is 0 Å². The average Bonchev–Trinajstić information content (AvgIpc) is 3.10. The van der Waals surface area contributed by atoms with Crippen LogP contribution in [-0.4, -0.2) is 45.1 Å². The van der Waals surface area contributed by atoms with Crippen LogP contribution in [0.25, 0.3) is 0 Å². The molecule has 0 fully saturated rings. The molecule has 1 aromatic heterocycles. The van der Waals surface area contributed by atoms with Gasteiger partial charge in [-0.3, -0.25) is 19.5 Å². The number of aromatic nitrogens is 1. The number of carbonyl (C=O) groups is 2. The molecule has 1 aromatic carbocycles. The van der Waals surface area contributed by atoms with Gasteiger partial charge in [0, 0.05) is 31.7 Å². The van der Waals surface area contributed by atoms with Crippen LogP contribution in [0.15, 0.2) is 71.5 Å². The number of allylic oxidation sites excluding steroid dienone is 3. The molecule has 8 nitrogen and oxygen atoms in total. The van der Waals surface area contributed by atoms with E-state index in [9.17, 15) is 9.59 Å². The number of pyridine rings is 1. The maximum Gasteiger partial charge on any atom is 0.261 e. The first-order chi connectivity index (χ1) is 17.2. The zero-order chi connectivity index (χ0) is 25.9. The highest BCUT2D eigenvalue weighted by molar-refractivity contribution is 6.08. The Kier molecular flexibility index (Phi) is 7.24. The number of nitrogens with two attached hydrogens (primary N) is 2. The highest BCUT2D eigenvalue weighted by atomic mass is 16.2. The molecule has 4 rings (SSSR count). The summed E-state index contributed by atoms with van der Waals surface area (Å²) >= 11 is 0. The van der Waals surface area contributed by atoms with Gasteiger partial charge in [0.15, 0.2) is 11.5 Å². The summed E-state index contributed by atoms with van der Waals surface area (Å²) in [6.07, 6.45) is 11.5. The average molecular weight is 487 g/mol. The van der Waals surface area contributed by atoms with Crippen LogP contribution < -0.4 is 11.5 Å². The number of aliphatic imine (C=N–C) groups is 1. The Morgan fingerprint density at radius 3 is 2.58 bits per heavy atom. The lowest BCUT2D eigenvalue weighted by molar-refractivity contribution is -0.131. The third-order valence-electron chi connectivity index (χ3n) is 6.56. The van der Waals surface area contributed by atoms with Crippen molar-refractivity contribution in [3.05, 3.63) is 83.2 Å². The zero-order valence-electron chi connectivity index (χ0n) is 21.1. The number of nitrogen functional groups attached to an aromatic ring is 1. The number of benzene rings is 1. The van der Waals surface area contributed by atoms with E-state index in [1.54, 1.807) is 24.2 Å². The summed E-state index contributed by atoms with van der Waals surface area (Å²) in [6, 6.07) is 9.19. The van der Waals surface area contributed by atoms with Gasteiger partial charge in [-0.25, -0.2) is 4.99 Å². The van der Waals surface area contributed by atoms with Gasteiger partial charge < -0.3 is 16.4 Å². The summed E-state index contributed by atoms with van der Waals surface area (Å²) in [4.78, 5) is 39.0. The molecule has 1 unspecified atom stereocenters. The summed E-state index contributed by atoms with van der Waals surface area (Å²) in [5.74, 6) is 0.182. The second-order valence-electron chi connectivity index (χ2n) is 9.96. The highest BCUT2D eigenvalue weighted by Crippen LogP contribution is 2.39. The van der Waals surface area contributed by atoms with Crippen molar-refractivity contribution in [3.63, 3.8) is 0 Å². The molecule has 1 aliphatic carbocycles. The normalized spacial score (nSPS) is 19.4. The first kappa shape index (κ1) is 25.2. The second-order valence-corrected chi connectivity index (χ2v) is 9.96. The highest BCUT2D eigenvalue weighted by Gasteiger charge is 2.50. The van der Waals surface area contributed by atoms with Crippen molar-refractivity contribution in [3.8, 4) is 0 Å². The lowest BCUT2D eigenvalue weighted by atomic mass is 9.78. The molecular formula is C28H34N6O2. The first-order valence-corrected chi connectivity index (χ1v) is 12.3. The van der Waals surface area contributed by atoms with Gasteiger partial charge in [-0.15, -0.1) is 0 Å². The molecule has 36 heavy (non-hydrogen) atoms. The van der Waals surface area contributed by atoms with E-state index in [4.69, 9.17) is 16.5 Å². The topological polar surface area (TPSA) is 118 Å². The lowest BCUT2D eigenvalue weighted by Crippen LogP contribution is -2.45. The van der Waals surface area contributed by atoms with E-state index in [0.717, 1.165) is 24.0 Å². The third-order valence-corrected chi connectivity index (χ3v) is 6.56. The number of anilines is 1. The molecule has 0 saturated heterocycles. The van der Waals surface area contributed by atoms with Crippen LogP contribution >= 0.6 is 0 Å². The van der Waals surface area contributed by atoms with Crippen molar-refractivity contribution < 1.29 is 9.59 Å². The van der Waals surface area contributed by atoms with Crippen LogP contribution in [0.2, 0.25) is 0 Å². The molecule has 2 aromatic rings. The van der Waals surface area contributed by atoms with Crippen LogP contribution in [0.1, 0.15) is 54.6 Å². The van der Waals surface area contributed by atoms with E-state index >= 15 is 0 Å². The molecule has 2 heterocycles. The molecular weight excluding hydrogens is 452 g/mol. The maximum atomic E-state index is 13.8. The quantitative estimate of drug-likeness (QED) is 0.552. The fraction of sp³-hybridized carbons (Fsp3) is 0.357. The minimum atomic E-state index is -0.969. The van der Waals surface area contributed by atoms with Gasteiger partial charge in [-0.1, -0.05) is 44.2 Å². The predicted molar refractivity (Wildman–Crippen MR) is 142 cm³/mol. The summed E-state index contributed by atoms with van der Waals surface area (Å²) in [5.41, 5.74) is 14.9. The van der Waals surface area contributed by atoms with Gasteiger partial charge in [-0.05, 0) is 60.1 Å². The Hall–Kier alpha value is -3.94. The Labute approximate surface area is 212 Å². The molecule has 0 saturated carbocycles. The van der Waals surface area contributed by atoms with Crippen molar-refractivity contribution in [2.45, 2.75) is 51.7 Å². The fourth-order valence-electron chi connectivity index (χ4n) is 4.86. The number of nitrogens with zero attached hydrogens (tertiary/aromatic N) is 4. The summed E-state index contributed by atoms with van der Waals surface area (Å²) in [6.45, 7) is 4.81. The first-order valence-electron chi connectivity index (χ1n) is 12.3. The molecule has 188 valence electrons.